The molecule has 0 saturated carbocycles. The number of hydrogen-bond acceptors (Lipinski definition) is 6. The van der Waals surface area contributed by atoms with Crippen molar-refractivity contribution in [3.63, 3.8) is 0 Å². The molecule has 0 saturated heterocycles. The van der Waals surface area contributed by atoms with Gasteiger partial charge in [0, 0.05) is 5.69 Å². The molecule has 0 radical (unpaired) electrons. The first-order chi connectivity index (χ1) is 13.5. The topological polar surface area (TPSA) is 118 Å². The number of nitriles is 1. The van der Waals surface area contributed by atoms with E-state index in [0.29, 0.717) is 17.0 Å². The highest BCUT2D eigenvalue weighted by atomic mass is 16.5. The molecule has 2 aromatic carbocycles. The van der Waals surface area contributed by atoms with Crippen LogP contribution in [0.4, 0.5) is 5.69 Å². The zero-order chi connectivity index (χ0) is 20.5. The van der Waals surface area contributed by atoms with Crippen LogP contribution in [0.3, 0.4) is 0 Å². The Balaban J connectivity index is 2.18. The number of nitrogens with one attached hydrogen (secondary N) is 1. The van der Waals surface area contributed by atoms with Crippen molar-refractivity contribution in [1.29, 1.82) is 5.26 Å². The molecule has 2 N–H and O–H groups in total. The van der Waals surface area contributed by atoms with E-state index in [1.165, 1.54) is 32.4 Å². The maximum Gasteiger partial charge on any atom is 0.341 e. The van der Waals surface area contributed by atoms with E-state index in [9.17, 15) is 14.9 Å². The Kier molecular flexibility index (Phi) is 6.99. The third kappa shape index (κ3) is 5.51. The molecule has 0 aromatic heterocycles. The lowest BCUT2D eigenvalue weighted by atomic mass is 10.1. The van der Waals surface area contributed by atoms with Gasteiger partial charge >= 0.3 is 5.97 Å². The van der Waals surface area contributed by atoms with Crippen molar-refractivity contribution in [3.05, 3.63) is 53.6 Å². The first-order valence-corrected chi connectivity index (χ1v) is 8.06. The normalized spacial score (nSPS) is 10.5. The van der Waals surface area contributed by atoms with Gasteiger partial charge in [-0.2, -0.15) is 5.26 Å². The number of benzene rings is 2. The van der Waals surface area contributed by atoms with E-state index in [0.717, 1.165) is 0 Å². The molecule has 8 nitrogen and oxygen atoms in total. The Labute approximate surface area is 161 Å². The number of carbonyl (C=O) groups is 2. The first-order valence-electron chi connectivity index (χ1n) is 8.06. The van der Waals surface area contributed by atoms with Crippen molar-refractivity contribution in [2.75, 3.05) is 26.1 Å². The Morgan fingerprint density at radius 2 is 1.82 bits per heavy atom. The Bertz CT molecular complexity index is 929. The van der Waals surface area contributed by atoms with Crippen LogP contribution in [-0.2, 0) is 9.59 Å². The van der Waals surface area contributed by atoms with E-state index in [4.69, 9.17) is 19.3 Å². The molecule has 0 aliphatic rings. The number of nitrogens with zero attached hydrogens (tertiary/aromatic N) is 1. The summed E-state index contributed by atoms with van der Waals surface area (Å²) >= 11 is 0. The van der Waals surface area contributed by atoms with E-state index in [2.05, 4.69) is 5.32 Å². The highest BCUT2D eigenvalue weighted by molar-refractivity contribution is 6.09. The van der Waals surface area contributed by atoms with Gasteiger partial charge in [0.2, 0.25) is 0 Å². The molecule has 0 atom stereocenters. The van der Waals surface area contributed by atoms with Crippen molar-refractivity contribution < 1.29 is 28.9 Å². The minimum absolute atomic E-state index is 0.114. The number of methoxy groups -OCH3 is 2. The lowest BCUT2D eigenvalue weighted by Crippen LogP contribution is -2.13. The van der Waals surface area contributed by atoms with Crippen LogP contribution in [0.1, 0.15) is 5.56 Å². The molecular weight excluding hydrogens is 364 g/mol. The van der Waals surface area contributed by atoms with Gasteiger partial charge in [-0.1, -0.05) is 6.07 Å². The van der Waals surface area contributed by atoms with Crippen molar-refractivity contribution >= 4 is 23.6 Å². The SMILES string of the molecule is COc1ccc(NC(=O)/C(C#N)=C\c2ccc(OCC(=O)O)c(OC)c2)cc1. The van der Waals surface area contributed by atoms with Gasteiger partial charge in [0.25, 0.3) is 5.91 Å². The smallest absolute Gasteiger partial charge is 0.341 e. The minimum Gasteiger partial charge on any atom is -0.497 e. The molecule has 2 rings (SSSR count). The summed E-state index contributed by atoms with van der Waals surface area (Å²) in [5, 5.41) is 20.6. The standard InChI is InChI=1S/C20H18N2O6/c1-26-16-6-4-15(5-7-16)22-20(25)14(11-21)9-13-3-8-17(18(10-13)27-2)28-12-19(23)24/h3-10H,12H2,1-2H3,(H,22,25)(H,23,24)/b14-9-. The molecule has 0 bridgehead atoms. The number of carbonyl (C=O) groups excluding carboxylic acids is 1. The van der Waals surface area contributed by atoms with Gasteiger partial charge in [-0.25, -0.2) is 4.79 Å². The summed E-state index contributed by atoms with van der Waals surface area (Å²) < 4.78 is 15.3. The number of rotatable bonds is 8. The number of carboxylic acid groups (broad SMARTS) is 1. The summed E-state index contributed by atoms with van der Waals surface area (Å²) in [6.07, 6.45) is 1.39. The Hall–Kier alpha value is -3.99. The molecule has 0 fully saturated rings. The molecule has 0 unspecified atom stereocenters. The summed E-state index contributed by atoms with van der Waals surface area (Å²) in [6.45, 7) is -0.515. The number of aliphatic carboxylic acids is 1. The average Bonchev–Trinajstić information content (AvgIpc) is 2.71. The second kappa shape index (κ2) is 9.64. The fourth-order valence-corrected chi connectivity index (χ4v) is 2.22. The second-order valence-corrected chi connectivity index (χ2v) is 5.45. The van der Waals surface area contributed by atoms with Crippen LogP contribution in [0.25, 0.3) is 6.08 Å². The molecule has 0 aliphatic carbocycles. The van der Waals surface area contributed by atoms with Crippen LogP contribution in [0.15, 0.2) is 48.0 Å². The second-order valence-electron chi connectivity index (χ2n) is 5.45. The molecule has 1 amide bonds. The van der Waals surface area contributed by atoms with Gasteiger partial charge in [0.1, 0.15) is 17.4 Å². The summed E-state index contributed by atoms with van der Waals surface area (Å²) in [5.41, 5.74) is 0.917. The van der Waals surface area contributed by atoms with Gasteiger partial charge in [-0.05, 0) is 48.0 Å². The minimum atomic E-state index is -1.12. The number of anilines is 1. The van der Waals surface area contributed by atoms with E-state index in [1.807, 2.05) is 6.07 Å². The predicted molar refractivity (Wildman–Crippen MR) is 101 cm³/mol. The van der Waals surface area contributed by atoms with Crippen molar-refractivity contribution in [2.45, 2.75) is 0 Å². The lowest BCUT2D eigenvalue weighted by Gasteiger charge is -2.10. The number of amides is 1. The fraction of sp³-hybridized carbons (Fsp3) is 0.150. The quantitative estimate of drug-likeness (QED) is 0.532. The maximum atomic E-state index is 12.3. The van der Waals surface area contributed by atoms with E-state index < -0.39 is 18.5 Å². The lowest BCUT2D eigenvalue weighted by molar-refractivity contribution is -0.139. The monoisotopic (exact) mass is 382 g/mol. The molecule has 28 heavy (non-hydrogen) atoms. The summed E-state index contributed by atoms with van der Waals surface area (Å²) in [7, 11) is 2.94. The number of carboxylic acids is 1. The molecule has 2 aromatic rings. The molecule has 144 valence electrons. The van der Waals surface area contributed by atoms with Crippen LogP contribution in [0, 0.1) is 11.3 Å². The fourth-order valence-electron chi connectivity index (χ4n) is 2.22. The maximum absolute atomic E-state index is 12.3. The largest absolute Gasteiger partial charge is 0.497 e. The molecule has 0 aliphatic heterocycles. The highest BCUT2D eigenvalue weighted by Crippen LogP contribution is 2.29. The molecule has 0 heterocycles. The van der Waals surface area contributed by atoms with E-state index >= 15 is 0 Å². The van der Waals surface area contributed by atoms with Crippen LogP contribution < -0.4 is 19.5 Å². The van der Waals surface area contributed by atoms with E-state index in [-0.39, 0.29) is 17.1 Å². The molecule has 8 heteroatoms. The van der Waals surface area contributed by atoms with Gasteiger partial charge in [-0.15, -0.1) is 0 Å². The third-order valence-corrected chi connectivity index (χ3v) is 3.56. The van der Waals surface area contributed by atoms with Crippen LogP contribution in [0.2, 0.25) is 0 Å². The van der Waals surface area contributed by atoms with Crippen molar-refractivity contribution in [1.82, 2.24) is 0 Å². The van der Waals surface area contributed by atoms with Crippen LogP contribution in [0.5, 0.6) is 17.2 Å². The number of hydrogen-bond donors (Lipinski definition) is 2. The molecular formula is C20H18N2O6. The van der Waals surface area contributed by atoms with Crippen molar-refractivity contribution in [2.24, 2.45) is 0 Å². The van der Waals surface area contributed by atoms with Gasteiger partial charge in [0.05, 0.1) is 14.2 Å². The first kappa shape index (κ1) is 20.3. The Morgan fingerprint density at radius 3 is 2.39 bits per heavy atom. The number of ether oxygens (including phenoxy) is 3. The third-order valence-electron chi connectivity index (χ3n) is 3.56. The predicted octanol–water partition coefficient (Wildman–Crippen LogP) is 2.71. The average molecular weight is 382 g/mol. The van der Waals surface area contributed by atoms with Gasteiger partial charge in [-0.3, -0.25) is 4.79 Å². The zero-order valence-corrected chi connectivity index (χ0v) is 15.3. The van der Waals surface area contributed by atoms with Crippen LogP contribution in [-0.4, -0.2) is 37.8 Å². The summed E-state index contributed by atoms with van der Waals surface area (Å²) in [6, 6.07) is 13.2. The highest BCUT2D eigenvalue weighted by Gasteiger charge is 2.12. The summed E-state index contributed by atoms with van der Waals surface area (Å²) in [4.78, 5) is 23.0. The van der Waals surface area contributed by atoms with Gasteiger partial charge in [0.15, 0.2) is 18.1 Å². The molecule has 0 spiro atoms. The summed E-state index contributed by atoms with van der Waals surface area (Å²) in [5.74, 6) is -0.525. The van der Waals surface area contributed by atoms with Crippen molar-refractivity contribution in [3.8, 4) is 23.3 Å². The van der Waals surface area contributed by atoms with E-state index in [1.54, 1.807) is 30.3 Å². The van der Waals surface area contributed by atoms with Crippen LogP contribution >= 0.6 is 0 Å². The zero-order valence-electron chi connectivity index (χ0n) is 15.3. The Morgan fingerprint density at radius 1 is 1.11 bits per heavy atom. The van der Waals surface area contributed by atoms with Gasteiger partial charge < -0.3 is 24.6 Å².